The highest BCUT2D eigenvalue weighted by atomic mass is 16.5. The number of phenolic OH excluding ortho intramolecular Hbond substituents is 1. The maximum atomic E-state index is 14.8. The van der Waals surface area contributed by atoms with Crippen LogP contribution in [0.4, 0.5) is 0 Å². The van der Waals surface area contributed by atoms with E-state index in [4.69, 9.17) is 10.5 Å². The number of aromatic hydroxyl groups is 1. The minimum absolute atomic E-state index is 0.0000496. The van der Waals surface area contributed by atoms with Crippen LogP contribution >= 0.6 is 0 Å². The molecule has 2 aromatic rings. The zero-order chi connectivity index (χ0) is 53.6. The zero-order valence-corrected chi connectivity index (χ0v) is 42.5. The number of aliphatic hydroxyl groups is 2. The van der Waals surface area contributed by atoms with E-state index in [1.165, 1.54) is 43.1 Å². The number of benzene rings is 2. The van der Waals surface area contributed by atoms with E-state index in [0.717, 1.165) is 4.90 Å². The molecule has 0 aliphatic carbocycles. The number of hydrogen-bond donors (Lipinski definition) is 9. The summed E-state index contributed by atoms with van der Waals surface area (Å²) in [6, 6.07) is 4.42. The summed E-state index contributed by atoms with van der Waals surface area (Å²) in [6.45, 7) is 11.9. The van der Waals surface area contributed by atoms with Crippen molar-refractivity contribution in [3.05, 3.63) is 65.7 Å². The maximum Gasteiger partial charge on any atom is 0.329 e. The molecule has 11 unspecified atom stereocenters. The van der Waals surface area contributed by atoms with Gasteiger partial charge < -0.3 is 62.2 Å². The van der Waals surface area contributed by atoms with Crippen LogP contribution in [0.1, 0.15) is 105 Å². The predicted molar refractivity (Wildman–Crippen MR) is 262 cm³/mol. The van der Waals surface area contributed by atoms with Gasteiger partial charge in [-0.3, -0.25) is 38.4 Å². The van der Waals surface area contributed by atoms with Gasteiger partial charge in [0.1, 0.15) is 66.5 Å². The van der Waals surface area contributed by atoms with E-state index in [1.807, 2.05) is 13.8 Å². The minimum atomic E-state index is -1.83. The van der Waals surface area contributed by atoms with Crippen molar-refractivity contribution in [1.82, 2.24) is 36.4 Å². The summed E-state index contributed by atoms with van der Waals surface area (Å²) in [7, 11) is 1.40. The molecule has 2 aliphatic heterocycles. The van der Waals surface area contributed by atoms with Crippen molar-refractivity contribution in [2.45, 2.75) is 167 Å². The predicted octanol–water partition coefficient (Wildman–Crippen LogP) is 0.448. The van der Waals surface area contributed by atoms with Gasteiger partial charge >= 0.3 is 5.97 Å². The lowest BCUT2D eigenvalue weighted by molar-refractivity contribution is -0.166. The van der Waals surface area contributed by atoms with E-state index in [1.54, 1.807) is 58.0 Å². The summed E-state index contributed by atoms with van der Waals surface area (Å²) >= 11 is 0. The number of cyclic esters (lactones) is 1. The highest BCUT2D eigenvalue weighted by molar-refractivity contribution is 5.98. The normalized spacial score (nSPS) is 25.2. The highest BCUT2D eigenvalue weighted by Crippen LogP contribution is 2.27. The van der Waals surface area contributed by atoms with Gasteiger partial charge in [-0.1, -0.05) is 90.4 Å². The molecule has 8 amide bonds. The number of nitrogens with one attached hydrogen (secondary N) is 5. The Bertz CT molecular complexity index is 2230. The Hall–Kier alpha value is -6.61. The van der Waals surface area contributed by atoms with Gasteiger partial charge in [-0.2, -0.15) is 0 Å². The largest absolute Gasteiger partial charge is 0.508 e. The third-order valence-electron chi connectivity index (χ3n) is 13.0. The van der Waals surface area contributed by atoms with E-state index in [0.29, 0.717) is 17.5 Å². The van der Waals surface area contributed by atoms with Gasteiger partial charge in [-0.25, -0.2) is 4.79 Å². The molecule has 2 bridgehead atoms. The molecule has 2 saturated heterocycles. The number of nitrogens with zero attached hydrogens (tertiary/aromatic N) is 2. The Balaban J connectivity index is 1.83. The molecule has 10 N–H and O–H groups in total. The van der Waals surface area contributed by atoms with Crippen molar-refractivity contribution in [1.29, 1.82) is 0 Å². The molecular weight excluding hydrogens is 933 g/mol. The number of carbonyl (C=O) groups excluding carboxylic acids is 9. The standard InChI is InChI=1S/C51H74N8O13/c1-9-29(6)42-51(71)72-30(7)43(57-44(64)34(19-21-40(52)62)53-47(67)39(61)26-32-15-17-33(60)18-16-32)48(68)55-36(23-27(2)3)45(65)54-35-20-22-41(63)59(49(35)69)38(24-28(4)5)50(70)58(8)37(46(66)56-42)25-31-13-11-10-12-14-31/h10-18,27-30,34-39,41-43,60-61,63H,9,19-26H2,1-8H3,(H2,52,62)(H,53,67)(H,54,65)(H,55,68)(H,56,66)(H,57,64). The van der Waals surface area contributed by atoms with E-state index in [-0.39, 0.29) is 56.1 Å². The van der Waals surface area contributed by atoms with E-state index >= 15 is 0 Å². The number of primary amides is 1. The van der Waals surface area contributed by atoms with Crippen LogP contribution in [-0.2, 0) is 60.7 Å². The lowest BCUT2D eigenvalue weighted by Gasteiger charge is -2.43. The quantitative estimate of drug-likeness (QED) is 0.0974. The fourth-order valence-electron chi connectivity index (χ4n) is 8.71. The van der Waals surface area contributed by atoms with Gasteiger partial charge in [-0.05, 0) is 80.0 Å². The van der Waals surface area contributed by atoms with Crippen LogP contribution < -0.4 is 32.3 Å². The second-order valence-electron chi connectivity index (χ2n) is 19.8. The zero-order valence-electron chi connectivity index (χ0n) is 42.5. The summed E-state index contributed by atoms with van der Waals surface area (Å²) < 4.78 is 5.94. The Kier molecular flexibility index (Phi) is 21.5. The molecule has 0 radical (unpaired) electrons. The molecule has 2 fully saturated rings. The summed E-state index contributed by atoms with van der Waals surface area (Å²) in [4.78, 5) is 129. The van der Waals surface area contributed by atoms with Crippen LogP contribution in [0.15, 0.2) is 54.6 Å². The highest BCUT2D eigenvalue weighted by Gasteiger charge is 2.46. The van der Waals surface area contributed by atoms with E-state index in [2.05, 4.69) is 26.6 Å². The van der Waals surface area contributed by atoms with Crippen LogP contribution in [0.2, 0.25) is 0 Å². The molecule has 2 aromatic carbocycles. The number of ether oxygens (including phenoxy) is 1. The number of piperidine rings is 1. The van der Waals surface area contributed by atoms with Crippen LogP contribution in [-0.4, -0.2) is 146 Å². The number of carbonyl (C=O) groups is 9. The Morgan fingerprint density at radius 2 is 1.44 bits per heavy atom. The number of esters is 1. The summed E-state index contributed by atoms with van der Waals surface area (Å²) in [5.74, 6) is -9.14. The fourth-order valence-corrected chi connectivity index (χ4v) is 8.71. The second-order valence-corrected chi connectivity index (χ2v) is 19.8. The number of aliphatic hydroxyl groups excluding tert-OH is 2. The molecule has 0 spiro atoms. The number of amides is 8. The number of hydrogen-bond acceptors (Lipinski definition) is 13. The van der Waals surface area contributed by atoms with Gasteiger partial charge in [0.05, 0.1) is 0 Å². The maximum absolute atomic E-state index is 14.8. The van der Waals surface area contributed by atoms with Crippen molar-refractivity contribution in [2.24, 2.45) is 23.5 Å². The average molecular weight is 1010 g/mol. The van der Waals surface area contributed by atoms with Crippen molar-refractivity contribution in [3.63, 3.8) is 0 Å². The smallest absolute Gasteiger partial charge is 0.329 e. The van der Waals surface area contributed by atoms with Crippen molar-refractivity contribution in [3.8, 4) is 5.75 Å². The first-order valence-electron chi connectivity index (χ1n) is 24.7. The van der Waals surface area contributed by atoms with Crippen LogP contribution in [0.3, 0.4) is 0 Å². The molecule has 21 heteroatoms. The van der Waals surface area contributed by atoms with Gasteiger partial charge in [-0.15, -0.1) is 0 Å². The van der Waals surface area contributed by atoms with Crippen LogP contribution in [0, 0.1) is 17.8 Å². The number of likely N-dealkylation sites (N-methyl/N-ethyl adjacent to an activating group) is 1. The summed E-state index contributed by atoms with van der Waals surface area (Å²) in [6.07, 6.45) is -5.52. The Morgan fingerprint density at radius 3 is 2.04 bits per heavy atom. The topological polar surface area (TPSA) is 316 Å². The summed E-state index contributed by atoms with van der Waals surface area (Å²) in [5, 5.41) is 45.0. The number of fused-ring (bicyclic) bond motifs is 2. The third-order valence-corrected chi connectivity index (χ3v) is 13.0. The molecule has 0 aromatic heterocycles. The van der Waals surface area contributed by atoms with Gasteiger partial charge in [0, 0.05) is 26.3 Å². The Labute approximate surface area is 420 Å². The lowest BCUT2D eigenvalue weighted by Crippen LogP contribution is -2.65. The first-order chi connectivity index (χ1) is 33.9. The molecule has 2 heterocycles. The first kappa shape index (κ1) is 58.0. The molecule has 11 atom stereocenters. The van der Waals surface area contributed by atoms with E-state index < -0.39 is 133 Å². The van der Waals surface area contributed by atoms with Gasteiger partial charge in [0.15, 0.2) is 0 Å². The molecular formula is C51H74N8O13. The number of rotatable bonds is 17. The van der Waals surface area contributed by atoms with Gasteiger partial charge in [0.2, 0.25) is 47.3 Å². The van der Waals surface area contributed by atoms with Crippen molar-refractivity contribution in [2.75, 3.05) is 7.05 Å². The molecule has 21 nitrogen and oxygen atoms in total. The molecule has 4 rings (SSSR count). The summed E-state index contributed by atoms with van der Waals surface area (Å²) in [5.41, 5.74) is 6.54. The third kappa shape index (κ3) is 16.2. The molecule has 0 saturated carbocycles. The minimum Gasteiger partial charge on any atom is -0.508 e. The second kappa shape index (κ2) is 26.7. The number of phenols is 1. The first-order valence-corrected chi connectivity index (χ1v) is 24.7. The molecule has 2 aliphatic rings. The lowest BCUT2D eigenvalue weighted by atomic mass is 9.94. The van der Waals surface area contributed by atoms with Crippen molar-refractivity contribution < 1.29 is 63.2 Å². The fraction of sp³-hybridized carbons (Fsp3) is 0.588. The van der Waals surface area contributed by atoms with Crippen LogP contribution in [0.5, 0.6) is 5.75 Å². The SMILES string of the molecule is CCC(C)C1NC(=O)C(Cc2ccccc2)N(C)C(=O)C(CC(C)C)N2C(=O)C(CCC2O)NC(=O)C(CC(C)C)NC(=O)C(NC(=O)C(CCC(N)=O)NC(=O)C(O)Cc2ccc(O)cc2)C(C)OC1=O. The Morgan fingerprint density at radius 1 is 0.806 bits per heavy atom. The molecule has 396 valence electrons. The van der Waals surface area contributed by atoms with Gasteiger partial charge in [0.25, 0.3) is 0 Å². The van der Waals surface area contributed by atoms with Crippen LogP contribution in [0.25, 0.3) is 0 Å². The molecule has 72 heavy (non-hydrogen) atoms. The number of nitrogens with two attached hydrogens (primary N) is 1. The average Bonchev–Trinajstić information content (AvgIpc) is 3.32. The van der Waals surface area contributed by atoms with E-state index in [9.17, 15) is 58.5 Å². The monoisotopic (exact) mass is 1010 g/mol. The van der Waals surface area contributed by atoms with Crippen molar-refractivity contribution >= 4 is 53.2 Å².